The lowest BCUT2D eigenvalue weighted by Crippen LogP contribution is -2.46. The normalized spacial score (nSPS) is 13.1. The lowest BCUT2D eigenvalue weighted by atomic mass is 9.92. The highest BCUT2D eigenvalue weighted by Crippen LogP contribution is 2.27. The molecule has 22 heavy (non-hydrogen) atoms. The van der Waals surface area contributed by atoms with Gasteiger partial charge in [0.1, 0.15) is 5.54 Å². The lowest BCUT2D eigenvalue weighted by molar-refractivity contribution is -0.121. The maximum atomic E-state index is 12.2. The zero-order valence-corrected chi connectivity index (χ0v) is 13.9. The number of nitrogens with zero attached hydrogens (tertiary/aromatic N) is 1. The van der Waals surface area contributed by atoms with E-state index in [1.807, 2.05) is 19.9 Å². The first kappa shape index (κ1) is 17.8. The third-order valence-corrected chi connectivity index (χ3v) is 3.29. The third kappa shape index (κ3) is 4.96. The van der Waals surface area contributed by atoms with E-state index in [1.165, 1.54) is 0 Å². The summed E-state index contributed by atoms with van der Waals surface area (Å²) >= 11 is 0. The monoisotopic (exact) mass is 304 g/mol. The van der Waals surface area contributed by atoms with E-state index >= 15 is 0 Å². The van der Waals surface area contributed by atoms with Crippen molar-refractivity contribution in [2.45, 2.75) is 39.2 Å². The van der Waals surface area contributed by atoms with Crippen LogP contribution in [0.2, 0.25) is 0 Å². The van der Waals surface area contributed by atoms with E-state index in [1.54, 1.807) is 33.3 Å². The molecule has 0 bridgehead atoms. The number of carbonyl (C=O) groups is 1. The van der Waals surface area contributed by atoms with Crippen molar-refractivity contribution in [1.29, 1.82) is 5.26 Å². The van der Waals surface area contributed by atoms with Gasteiger partial charge < -0.3 is 14.8 Å². The Morgan fingerprint density at radius 2 is 1.95 bits per heavy atom. The third-order valence-electron chi connectivity index (χ3n) is 3.29. The highest BCUT2D eigenvalue weighted by Gasteiger charge is 2.27. The molecule has 0 aliphatic rings. The number of amides is 1. The molecular weight excluding hydrogens is 280 g/mol. The molecule has 1 unspecified atom stereocenters. The first-order valence-corrected chi connectivity index (χ1v) is 7.26. The van der Waals surface area contributed by atoms with Gasteiger partial charge in [0.25, 0.3) is 0 Å². The second-order valence-electron chi connectivity index (χ2n) is 5.96. The minimum atomic E-state index is -0.845. The summed E-state index contributed by atoms with van der Waals surface area (Å²) in [6, 6.07) is 7.53. The molecule has 0 fully saturated rings. The molecule has 0 spiro atoms. The van der Waals surface area contributed by atoms with Crippen LogP contribution in [0.5, 0.6) is 11.5 Å². The Morgan fingerprint density at radius 3 is 2.45 bits per heavy atom. The van der Waals surface area contributed by atoms with Crippen LogP contribution in [-0.4, -0.2) is 25.7 Å². The van der Waals surface area contributed by atoms with Gasteiger partial charge in [0, 0.05) is 0 Å². The molecular formula is C17H24N2O3. The number of hydrogen-bond acceptors (Lipinski definition) is 4. The van der Waals surface area contributed by atoms with Crippen molar-refractivity contribution in [3.63, 3.8) is 0 Å². The SMILES string of the molecule is COc1ccc(CC(=O)NC(C)(C#N)CC(C)C)cc1OC. The topological polar surface area (TPSA) is 71.3 Å². The second kappa shape index (κ2) is 7.69. The zero-order valence-electron chi connectivity index (χ0n) is 13.9. The van der Waals surface area contributed by atoms with Crippen LogP contribution in [-0.2, 0) is 11.2 Å². The molecule has 5 heteroatoms. The summed E-state index contributed by atoms with van der Waals surface area (Å²) in [5, 5.41) is 12.1. The second-order valence-corrected chi connectivity index (χ2v) is 5.96. The first-order valence-electron chi connectivity index (χ1n) is 7.26. The highest BCUT2D eigenvalue weighted by molar-refractivity contribution is 5.80. The number of carbonyl (C=O) groups excluding carboxylic acids is 1. The summed E-state index contributed by atoms with van der Waals surface area (Å²) in [7, 11) is 3.12. The molecule has 1 aromatic carbocycles. The van der Waals surface area contributed by atoms with E-state index < -0.39 is 5.54 Å². The number of ether oxygens (including phenoxy) is 2. The fraction of sp³-hybridized carbons (Fsp3) is 0.529. The van der Waals surface area contributed by atoms with Crippen molar-refractivity contribution >= 4 is 5.91 Å². The molecule has 1 N–H and O–H groups in total. The Kier molecular flexibility index (Phi) is 6.24. The van der Waals surface area contributed by atoms with Crippen molar-refractivity contribution in [3.05, 3.63) is 23.8 Å². The van der Waals surface area contributed by atoms with E-state index in [0.29, 0.717) is 23.8 Å². The Bertz CT molecular complexity index is 564. The molecule has 1 amide bonds. The van der Waals surface area contributed by atoms with Crippen LogP contribution in [0.1, 0.15) is 32.8 Å². The number of nitriles is 1. The molecule has 1 aromatic rings. The van der Waals surface area contributed by atoms with Gasteiger partial charge in [0.15, 0.2) is 11.5 Å². The fourth-order valence-electron chi connectivity index (χ4n) is 2.47. The van der Waals surface area contributed by atoms with Crippen LogP contribution in [0.3, 0.4) is 0 Å². The van der Waals surface area contributed by atoms with Gasteiger partial charge in [-0.2, -0.15) is 5.26 Å². The molecule has 0 aliphatic heterocycles. The molecule has 0 aliphatic carbocycles. The van der Waals surface area contributed by atoms with Crippen LogP contribution in [0.25, 0.3) is 0 Å². The standard InChI is InChI=1S/C17H24N2O3/c1-12(2)10-17(3,11-18)19-16(20)9-13-6-7-14(21-4)15(8-13)22-5/h6-8,12H,9-10H2,1-5H3,(H,19,20). The molecule has 1 atom stereocenters. The molecule has 0 aromatic heterocycles. The average Bonchev–Trinajstić information content (AvgIpc) is 2.45. The summed E-state index contributed by atoms with van der Waals surface area (Å²) in [5.74, 6) is 1.34. The number of nitrogens with one attached hydrogen (secondary N) is 1. The quantitative estimate of drug-likeness (QED) is 0.840. The van der Waals surface area contributed by atoms with Gasteiger partial charge in [-0.1, -0.05) is 19.9 Å². The van der Waals surface area contributed by atoms with E-state index in [0.717, 1.165) is 5.56 Å². The first-order chi connectivity index (χ1) is 10.3. The van der Waals surface area contributed by atoms with Gasteiger partial charge >= 0.3 is 0 Å². The molecule has 120 valence electrons. The van der Waals surface area contributed by atoms with E-state index in [-0.39, 0.29) is 12.3 Å². The molecule has 0 radical (unpaired) electrons. The van der Waals surface area contributed by atoms with Gasteiger partial charge in [0.05, 0.1) is 26.7 Å². The van der Waals surface area contributed by atoms with Gasteiger partial charge in [-0.15, -0.1) is 0 Å². The molecule has 0 saturated heterocycles. The van der Waals surface area contributed by atoms with Crippen molar-refractivity contribution in [2.24, 2.45) is 5.92 Å². The smallest absolute Gasteiger partial charge is 0.225 e. The highest BCUT2D eigenvalue weighted by atomic mass is 16.5. The van der Waals surface area contributed by atoms with Crippen molar-refractivity contribution in [3.8, 4) is 17.6 Å². The van der Waals surface area contributed by atoms with Crippen molar-refractivity contribution in [2.75, 3.05) is 14.2 Å². The Balaban J connectivity index is 2.79. The average molecular weight is 304 g/mol. The van der Waals surface area contributed by atoms with E-state index in [4.69, 9.17) is 9.47 Å². The molecule has 0 heterocycles. The van der Waals surface area contributed by atoms with E-state index in [2.05, 4.69) is 11.4 Å². The van der Waals surface area contributed by atoms with Crippen molar-refractivity contribution < 1.29 is 14.3 Å². The minimum Gasteiger partial charge on any atom is -0.493 e. The van der Waals surface area contributed by atoms with Crippen LogP contribution in [0.4, 0.5) is 0 Å². The summed E-state index contributed by atoms with van der Waals surface area (Å²) in [6.45, 7) is 5.80. The van der Waals surface area contributed by atoms with Gasteiger partial charge in [-0.3, -0.25) is 4.79 Å². The number of methoxy groups -OCH3 is 2. The van der Waals surface area contributed by atoms with Crippen LogP contribution in [0.15, 0.2) is 18.2 Å². The van der Waals surface area contributed by atoms with Gasteiger partial charge in [0.2, 0.25) is 5.91 Å². The van der Waals surface area contributed by atoms with Gasteiger partial charge in [-0.25, -0.2) is 0 Å². The van der Waals surface area contributed by atoms with Crippen LogP contribution < -0.4 is 14.8 Å². The Morgan fingerprint density at radius 1 is 1.32 bits per heavy atom. The lowest BCUT2D eigenvalue weighted by Gasteiger charge is -2.25. The predicted octanol–water partition coefficient (Wildman–Crippen LogP) is 2.69. The maximum absolute atomic E-state index is 12.2. The largest absolute Gasteiger partial charge is 0.493 e. The molecule has 0 saturated carbocycles. The summed E-state index contributed by atoms with van der Waals surface area (Å²) in [4.78, 5) is 12.2. The Labute approximate surface area is 132 Å². The summed E-state index contributed by atoms with van der Waals surface area (Å²) < 4.78 is 10.4. The van der Waals surface area contributed by atoms with Gasteiger partial charge in [-0.05, 0) is 37.0 Å². The molecule has 1 rings (SSSR count). The Hall–Kier alpha value is -2.22. The summed E-state index contributed by atoms with van der Waals surface area (Å²) in [6.07, 6.45) is 0.802. The minimum absolute atomic E-state index is 0.183. The summed E-state index contributed by atoms with van der Waals surface area (Å²) in [5.41, 5.74) is -0.0399. The number of hydrogen-bond donors (Lipinski definition) is 1. The number of rotatable bonds is 7. The predicted molar refractivity (Wildman–Crippen MR) is 84.9 cm³/mol. The van der Waals surface area contributed by atoms with Crippen LogP contribution in [0, 0.1) is 17.2 Å². The number of benzene rings is 1. The zero-order chi connectivity index (χ0) is 16.8. The fourth-order valence-corrected chi connectivity index (χ4v) is 2.47. The van der Waals surface area contributed by atoms with E-state index in [9.17, 15) is 10.1 Å². The van der Waals surface area contributed by atoms with Crippen molar-refractivity contribution in [1.82, 2.24) is 5.32 Å². The molecule has 5 nitrogen and oxygen atoms in total. The van der Waals surface area contributed by atoms with Crippen LogP contribution >= 0.6 is 0 Å². The maximum Gasteiger partial charge on any atom is 0.225 e.